The Bertz CT molecular complexity index is 485. The number of aromatic hydroxyl groups is 1. The van der Waals surface area contributed by atoms with Gasteiger partial charge in [0.2, 0.25) is 0 Å². The first-order valence-corrected chi connectivity index (χ1v) is 8.64. The van der Waals surface area contributed by atoms with Gasteiger partial charge in [0.15, 0.2) is 0 Å². The molecule has 1 N–H and O–H groups in total. The van der Waals surface area contributed by atoms with E-state index < -0.39 is 0 Å². The monoisotopic (exact) mass is 304 g/mol. The lowest BCUT2D eigenvalue weighted by atomic mass is 9.98. The SMILES string of the molecule is Cc1cc(CN2CCC[C@H](C)C2)cc(CCCN(C)C)c1O. The van der Waals surface area contributed by atoms with Crippen molar-refractivity contribution in [1.82, 2.24) is 9.80 Å². The van der Waals surface area contributed by atoms with Gasteiger partial charge in [-0.3, -0.25) is 4.90 Å². The molecular weight excluding hydrogens is 272 g/mol. The van der Waals surface area contributed by atoms with Gasteiger partial charge >= 0.3 is 0 Å². The number of phenolic OH excluding ortho intramolecular Hbond substituents is 1. The second-order valence-corrected chi connectivity index (χ2v) is 7.31. The number of likely N-dealkylation sites (tertiary alicyclic amines) is 1. The van der Waals surface area contributed by atoms with Crippen molar-refractivity contribution in [2.45, 2.75) is 46.1 Å². The predicted molar refractivity (Wildman–Crippen MR) is 93.4 cm³/mol. The van der Waals surface area contributed by atoms with Crippen LogP contribution in [0, 0.1) is 12.8 Å². The summed E-state index contributed by atoms with van der Waals surface area (Å²) in [5, 5.41) is 10.3. The van der Waals surface area contributed by atoms with E-state index in [2.05, 4.69) is 43.0 Å². The Morgan fingerprint density at radius 2 is 2.09 bits per heavy atom. The maximum absolute atomic E-state index is 10.3. The van der Waals surface area contributed by atoms with Gasteiger partial charge in [0.05, 0.1) is 0 Å². The molecule has 1 fully saturated rings. The number of rotatable bonds is 6. The molecule has 0 bridgehead atoms. The van der Waals surface area contributed by atoms with Gasteiger partial charge in [-0.2, -0.15) is 0 Å². The second-order valence-electron chi connectivity index (χ2n) is 7.31. The van der Waals surface area contributed by atoms with Gasteiger partial charge in [0.25, 0.3) is 0 Å². The van der Waals surface area contributed by atoms with Gasteiger partial charge in [0, 0.05) is 13.1 Å². The molecule has 0 amide bonds. The van der Waals surface area contributed by atoms with Crippen molar-refractivity contribution >= 4 is 0 Å². The Morgan fingerprint density at radius 3 is 2.77 bits per heavy atom. The van der Waals surface area contributed by atoms with Crippen LogP contribution >= 0.6 is 0 Å². The lowest BCUT2D eigenvalue weighted by Crippen LogP contribution is -2.33. The van der Waals surface area contributed by atoms with Gasteiger partial charge in [-0.15, -0.1) is 0 Å². The zero-order valence-corrected chi connectivity index (χ0v) is 14.7. The molecule has 0 saturated carbocycles. The molecule has 3 heteroatoms. The van der Waals surface area contributed by atoms with Crippen LogP contribution in [0.1, 0.15) is 42.9 Å². The van der Waals surface area contributed by atoms with Crippen molar-refractivity contribution in [3.63, 3.8) is 0 Å². The molecule has 1 saturated heterocycles. The molecule has 22 heavy (non-hydrogen) atoms. The van der Waals surface area contributed by atoms with Crippen molar-refractivity contribution < 1.29 is 5.11 Å². The molecule has 0 aliphatic carbocycles. The molecule has 1 aliphatic heterocycles. The number of benzene rings is 1. The van der Waals surface area contributed by atoms with E-state index >= 15 is 0 Å². The smallest absolute Gasteiger partial charge is 0.121 e. The molecule has 2 rings (SSSR count). The van der Waals surface area contributed by atoms with Crippen LogP contribution in [-0.4, -0.2) is 48.6 Å². The molecule has 1 aliphatic rings. The number of aryl methyl sites for hydroxylation is 2. The number of piperidine rings is 1. The highest BCUT2D eigenvalue weighted by Crippen LogP contribution is 2.27. The Hall–Kier alpha value is -1.06. The first kappa shape index (κ1) is 17.3. The average molecular weight is 304 g/mol. The first-order chi connectivity index (χ1) is 10.5. The lowest BCUT2D eigenvalue weighted by molar-refractivity contribution is 0.176. The highest BCUT2D eigenvalue weighted by atomic mass is 16.3. The summed E-state index contributed by atoms with van der Waals surface area (Å²) in [5.41, 5.74) is 3.48. The summed E-state index contributed by atoms with van der Waals surface area (Å²) in [4.78, 5) is 4.76. The van der Waals surface area contributed by atoms with E-state index in [9.17, 15) is 5.11 Å². The zero-order valence-electron chi connectivity index (χ0n) is 14.7. The summed E-state index contributed by atoms with van der Waals surface area (Å²) in [6.45, 7) is 8.86. The van der Waals surface area contributed by atoms with Crippen LogP contribution in [0.2, 0.25) is 0 Å². The van der Waals surface area contributed by atoms with Crippen LogP contribution < -0.4 is 0 Å². The van der Waals surface area contributed by atoms with Crippen LogP contribution in [0.3, 0.4) is 0 Å². The van der Waals surface area contributed by atoms with Crippen molar-refractivity contribution in [2.75, 3.05) is 33.7 Å². The molecule has 1 aromatic carbocycles. The lowest BCUT2D eigenvalue weighted by Gasteiger charge is -2.31. The van der Waals surface area contributed by atoms with Crippen LogP contribution in [0.25, 0.3) is 0 Å². The minimum absolute atomic E-state index is 0.495. The summed E-state index contributed by atoms with van der Waals surface area (Å²) in [6.07, 6.45) is 4.72. The highest BCUT2D eigenvalue weighted by Gasteiger charge is 2.17. The van der Waals surface area contributed by atoms with Gasteiger partial charge in [0.1, 0.15) is 5.75 Å². The second kappa shape index (κ2) is 7.98. The van der Waals surface area contributed by atoms with E-state index in [1.807, 2.05) is 6.92 Å². The van der Waals surface area contributed by atoms with E-state index in [-0.39, 0.29) is 0 Å². The molecule has 0 spiro atoms. The standard InChI is InChI=1S/C19H32N2O/c1-15-7-5-10-21(13-15)14-17-11-16(2)19(22)18(12-17)8-6-9-20(3)4/h11-12,15,22H,5-10,13-14H2,1-4H3/t15-/m0/s1. The van der Waals surface area contributed by atoms with Gasteiger partial charge in [-0.05, 0) is 82.4 Å². The van der Waals surface area contributed by atoms with Crippen molar-refractivity contribution in [3.05, 3.63) is 28.8 Å². The fourth-order valence-corrected chi connectivity index (χ4v) is 3.49. The molecule has 124 valence electrons. The number of nitrogens with zero attached hydrogens (tertiary/aromatic N) is 2. The molecule has 1 atom stereocenters. The van der Waals surface area contributed by atoms with Crippen LogP contribution in [0.15, 0.2) is 12.1 Å². The van der Waals surface area contributed by atoms with Crippen LogP contribution in [0.4, 0.5) is 0 Å². The number of hydrogen-bond acceptors (Lipinski definition) is 3. The van der Waals surface area contributed by atoms with E-state index in [4.69, 9.17) is 0 Å². The minimum atomic E-state index is 0.495. The Balaban J connectivity index is 2.03. The van der Waals surface area contributed by atoms with E-state index in [1.54, 1.807) is 0 Å². The average Bonchev–Trinajstić information content (AvgIpc) is 2.43. The summed E-state index contributed by atoms with van der Waals surface area (Å²) in [7, 11) is 4.19. The highest BCUT2D eigenvalue weighted by molar-refractivity contribution is 5.43. The molecule has 1 heterocycles. The molecule has 0 radical (unpaired) electrons. The Labute approximate surface area is 135 Å². The van der Waals surface area contributed by atoms with Crippen LogP contribution in [0.5, 0.6) is 5.75 Å². The topological polar surface area (TPSA) is 26.7 Å². The molecule has 1 aromatic rings. The summed E-state index contributed by atoms with van der Waals surface area (Å²) in [5.74, 6) is 1.31. The predicted octanol–water partition coefficient (Wildman–Crippen LogP) is 3.43. The van der Waals surface area contributed by atoms with Gasteiger partial charge < -0.3 is 10.0 Å². The third-order valence-electron chi connectivity index (χ3n) is 4.64. The van der Waals surface area contributed by atoms with Crippen molar-refractivity contribution in [2.24, 2.45) is 5.92 Å². The zero-order chi connectivity index (χ0) is 16.1. The maximum Gasteiger partial charge on any atom is 0.121 e. The quantitative estimate of drug-likeness (QED) is 0.872. The number of phenols is 1. The number of hydrogen-bond donors (Lipinski definition) is 1. The van der Waals surface area contributed by atoms with Gasteiger partial charge in [-0.1, -0.05) is 19.1 Å². The third-order valence-corrected chi connectivity index (χ3v) is 4.64. The van der Waals surface area contributed by atoms with Crippen molar-refractivity contribution in [3.8, 4) is 5.75 Å². The summed E-state index contributed by atoms with van der Waals surface area (Å²) < 4.78 is 0. The normalized spacial score (nSPS) is 19.8. The van der Waals surface area contributed by atoms with E-state index in [1.165, 1.54) is 31.5 Å². The third kappa shape index (κ3) is 4.99. The molecule has 0 unspecified atom stereocenters. The van der Waals surface area contributed by atoms with Gasteiger partial charge in [-0.25, -0.2) is 0 Å². The summed E-state index contributed by atoms with van der Waals surface area (Å²) >= 11 is 0. The molecule has 3 nitrogen and oxygen atoms in total. The largest absolute Gasteiger partial charge is 0.507 e. The maximum atomic E-state index is 10.3. The molecular formula is C19H32N2O. The van der Waals surface area contributed by atoms with E-state index in [0.29, 0.717) is 5.75 Å². The fourth-order valence-electron chi connectivity index (χ4n) is 3.49. The Morgan fingerprint density at radius 1 is 1.32 bits per heavy atom. The minimum Gasteiger partial charge on any atom is -0.507 e. The first-order valence-electron chi connectivity index (χ1n) is 8.64. The summed E-state index contributed by atoms with van der Waals surface area (Å²) in [6, 6.07) is 4.38. The van der Waals surface area contributed by atoms with Crippen LogP contribution in [-0.2, 0) is 13.0 Å². The fraction of sp³-hybridized carbons (Fsp3) is 0.684. The van der Waals surface area contributed by atoms with E-state index in [0.717, 1.165) is 43.0 Å². The molecule has 0 aromatic heterocycles. The van der Waals surface area contributed by atoms with Crippen molar-refractivity contribution in [1.29, 1.82) is 0 Å². The Kier molecular flexibility index (Phi) is 6.27.